The molecule has 2 nitrogen and oxygen atoms in total. The molecule has 0 amide bonds. The van der Waals surface area contributed by atoms with Gasteiger partial charge in [0.15, 0.2) is 9.84 Å². The van der Waals surface area contributed by atoms with E-state index < -0.39 is 15.1 Å². The van der Waals surface area contributed by atoms with Gasteiger partial charge in [0, 0.05) is 5.02 Å². The predicted molar refractivity (Wildman–Crippen MR) is 103 cm³/mol. The van der Waals surface area contributed by atoms with E-state index >= 15 is 0 Å². The zero-order valence-electron chi connectivity index (χ0n) is 13.4. The Bertz CT molecular complexity index is 948. The summed E-state index contributed by atoms with van der Waals surface area (Å²) in [5.41, 5.74) is 1.68. The lowest BCUT2D eigenvalue weighted by Gasteiger charge is -2.15. The molecule has 4 heteroatoms. The summed E-state index contributed by atoms with van der Waals surface area (Å²) in [6.07, 6.45) is 3.57. The third kappa shape index (κ3) is 4.19. The smallest absolute Gasteiger partial charge is 0.188 e. The van der Waals surface area contributed by atoms with E-state index in [9.17, 15) is 8.42 Å². The Morgan fingerprint density at radius 3 is 1.92 bits per heavy atom. The first kappa shape index (κ1) is 17.5. The van der Waals surface area contributed by atoms with Crippen LogP contribution in [0.3, 0.4) is 0 Å². The van der Waals surface area contributed by atoms with Crippen LogP contribution in [0.5, 0.6) is 0 Å². The van der Waals surface area contributed by atoms with Crippen molar-refractivity contribution in [3.05, 3.63) is 107 Å². The van der Waals surface area contributed by atoms with Crippen molar-refractivity contribution in [2.24, 2.45) is 0 Å². The van der Waals surface area contributed by atoms with E-state index in [4.69, 9.17) is 11.6 Å². The van der Waals surface area contributed by atoms with Gasteiger partial charge in [-0.05, 0) is 35.4 Å². The minimum absolute atomic E-state index is 0.253. The maximum absolute atomic E-state index is 13.2. The van der Waals surface area contributed by atoms with Gasteiger partial charge in [-0.15, -0.1) is 0 Å². The van der Waals surface area contributed by atoms with Gasteiger partial charge >= 0.3 is 0 Å². The van der Waals surface area contributed by atoms with Crippen LogP contribution in [0.15, 0.2) is 95.9 Å². The monoisotopic (exact) mass is 368 g/mol. The summed E-state index contributed by atoms with van der Waals surface area (Å²) in [4.78, 5) is 0.253. The first-order chi connectivity index (χ1) is 12.1. The van der Waals surface area contributed by atoms with Gasteiger partial charge in [-0.25, -0.2) is 8.42 Å². The van der Waals surface area contributed by atoms with E-state index in [1.165, 1.54) is 0 Å². The Labute approximate surface area is 153 Å². The highest BCUT2D eigenvalue weighted by molar-refractivity contribution is 7.91. The summed E-state index contributed by atoms with van der Waals surface area (Å²) in [5.74, 6) is 0. The molecule has 0 aliphatic heterocycles. The van der Waals surface area contributed by atoms with Gasteiger partial charge in [0.2, 0.25) is 0 Å². The molecular formula is C21H17ClO2S. The van der Waals surface area contributed by atoms with Gasteiger partial charge in [0.25, 0.3) is 0 Å². The lowest BCUT2D eigenvalue weighted by atomic mass is 10.1. The molecule has 3 rings (SSSR count). The van der Waals surface area contributed by atoms with E-state index in [1.807, 2.05) is 66.7 Å². The van der Waals surface area contributed by atoms with Crippen molar-refractivity contribution in [1.29, 1.82) is 0 Å². The average Bonchev–Trinajstić information content (AvgIpc) is 2.64. The van der Waals surface area contributed by atoms with Gasteiger partial charge in [-0.1, -0.05) is 84.4 Å². The minimum Gasteiger partial charge on any atom is -0.223 e. The number of hydrogen-bond donors (Lipinski definition) is 0. The Balaban J connectivity index is 2.05. The number of rotatable bonds is 5. The fourth-order valence-corrected chi connectivity index (χ4v) is 4.31. The molecule has 3 aromatic carbocycles. The zero-order valence-corrected chi connectivity index (χ0v) is 15.0. The molecule has 0 N–H and O–H groups in total. The first-order valence-corrected chi connectivity index (χ1v) is 9.77. The minimum atomic E-state index is -3.59. The number of sulfone groups is 1. The molecule has 0 heterocycles. The molecule has 0 aromatic heterocycles. The Kier molecular flexibility index (Phi) is 5.37. The molecule has 1 unspecified atom stereocenters. The molecule has 0 fully saturated rings. The van der Waals surface area contributed by atoms with Crippen LogP contribution < -0.4 is 0 Å². The van der Waals surface area contributed by atoms with Crippen molar-refractivity contribution in [2.75, 3.05) is 0 Å². The maximum Gasteiger partial charge on any atom is 0.188 e. The van der Waals surface area contributed by atoms with Crippen molar-refractivity contribution in [3.8, 4) is 0 Å². The highest BCUT2D eigenvalue weighted by Gasteiger charge is 2.26. The quantitative estimate of drug-likeness (QED) is 0.590. The second-order valence-electron chi connectivity index (χ2n) is 5.60. The fraction of sp³-hybridized carbons (Fsp3) is 0.0476. The number of benzene rings is 3. The molecule has 0 saturated carbocycles. The summed E-state index contributed by atoms with van der Waals surface area (Å²) in [5, 5.41) is -0.259. The molecule has 0 spiro atoms. The number of hydrogen-bond acceptors (Lipinski definition) is 2. The van der Waals surface area contributed by atoms with E-state index in [-0.39, 0.29) is 4.90 Å². The molecule has 0 aliphatic carbocycles. The van der Waals surface area contributed by atoms with E-state index in [2.05, 4.69) is 0 Å². The van der Waals surface area contributed by atoms with Crippen molar-refractivity contribution < 1.29 is 8.42 Å². The van der Waals surface area contributed by atoms with Crippen molar-refractivity contribution in [1.82, 2.24) is 0 Å². The summed E-state index contributed by atoms with van der Waals surface area (Å²) >= 11 is 5.89. The van der Waals surface area contributed by atoms with Crippen LogP contribution in [0, 0.1) is 0 Å². The Morgan fingerprint density at radius 1 is 0.760 bits per heavy atom. The van der Waals surface area contributed by atoms with Crippen molar-refractivity contribution in [2.45, 2.75) is 10.1 Å². The van der Waals surface area contributed by atoms with Gasteiger partial charge in [0.05, 0.1) is 4.90 Å². The predicted octanol–water partition coefficient (Wildman–Crippen LogP) is 5.57. The summed E-state index contributed by atoms with van der Waals surface area (Å²) in [6, 6.07) is 25.1. The van der Waals surface area contributed by atoms with Crippen LogP contribution in [0.25, 0.3) is 6.08 Å². The second kappa shape index (κ2) is 7.68. The van der Waals surface area contributed by atoms with E-state index in [1.54, 1.807) is 30.3 Å². The normalized spacial score (nSPS) is 13.0. The van der Waals surface area contributed by atoms with E-state index in [0.29, 0.717) is 5.02 Å². The third-order valence-corrected chi connectivity index (χ3v) is 6.15. The van der Waals surface area contributed by atoms with Crippen LogP contribution in [0.2, 0.25) is 5.02 Å². The lowest BCUT2D eigenvalue weighted by molar-refractivity contribution is 0.590. The summed E-state index contributed by atoms with van der Waals surface area (Å²) in [6.45, 7) is 0. The van der Waals surface area contributed by atoms with Crippen LogP contribution >= 0.6 is 11.6 Å². The molecule has 25 heavy (non-hydrogen) atoms. The van der Waals surface area contributed by atoms with Crippen LogP contribution in [0.4, 0.5) is 0 Å². The first-order valence-electron chi connectivity index (χ1n) is 7.85. The molecule has 126 valence electrons. The molecule has 0 bridgehead atoms. The average molecular weight is 369 g/mol. The maximum atomic E-state index is 13.2. The molecule has 0 radical (unpaired) electrons. The second-order valence-corrected chi connectivity index (χ2v) is 8.11. The molecule has 3 aromatic rings. The van der Waals surface area contributed by atoms with Gasteiger partial charge in [0.1, 0.15) is 5.25 Å². The molecule has 1 atom stereocenters. The van der Waals surface area contributed by atoms with Crippen LogP contribution in [-0.2, 0) is 9.84 Å². The van der Waals surface area contributed by atoms with Crippen molar-refractivity contribution >= 4 is 27.5 Å². The van der Waals surface area contributed by atoms with Gasteiger partial charge < -0.3 is 0 Å². The Hall–Kier alpha value is -2.36. The van der Waals surface area contributed by atoms with Crippen LogP contribution in [-0.4, -0.2) is 8.42 Å². The third-order valence-electron chi connectivity index (χ3n) is 3.87. The largest absolute Gasteiger partial charge is 0.223 e. The van der Waals surface area contributed by atoms with Crippen LogP contribution in [0.1, 0.15) is 16.4 Å². The summed E-state index contributed by atoms with van der Waals surface area (Å²) < 4.78 is 26.3. The lowest BCUT2D eigenvalue weighted by Crippen LogP contribution is -2.11. The number of halogens is 1. The Morgan fingerprint density at radius 2 is 1.32 bits per heavy atom. The highest BCUT2D eigenvalue weighted by atomic mass is 35.5. The fourth-order valence-electron chi connectivity index (χ4n) is 2.57. The van der Waals surface area contributed by atoms with Crippen molar-refractivity contribution in [3.63, 3.8) is 0 Å². The highest BCUT2D eigenvalue weighted by Crippen LogP contribution is 2.31. The molecule has 0 saturated heterocycles. The van der Waals surface area contributed by atoms with E-state index in [0.717, 1.165) is 11.1 Å². The molecule has 0 aliphatic rings. The van der Waals surface area contributed by atoms with Gasteiger partial charge in [-0.3, -0.25) is 0 Å². The SMILES string of the molecule is O=S(=O)(c1ccc(Cl)cc1)C(/C=C/c1ccccc1)c1ccccc1. The summed E-state index contributed by atoms with van der Waals surface area (Å²) in [7, 11) is -3.59. The topological polar surface area (TPSA) is 34.1 Å². The standard InChI is InChI=1S/C21H17ClO2S/c22-19-12-14-20(15-13-19)25(23,24)21(18-9-5-2-6-10-18)16-11-17-7-3-1-4-8-17/h1-16,21H/b16-11+. The van der Waals surface area contributed by atoms with Gasteiger partial charge in [-0.2, -0.15) is 0 Å². The molecular weight excluding hydrogens is 352 g/mol. The zero-order chi connectivity index (χ0) is 17.7.